The van der Waals surface area contributed by atoms with Crippen molar-refractivity contribution in [3.05, 3.63) is 70.8 Å². The van der Waals surface area contributed by atoms with Crippen LogP contribution in [0.1, 0.15) is 53.7 Å². The second-order valence-corrected chi connectivity index (χ2v) is 8.53. The van der Waals surface area contributed by atoms with Crippen LogP contribution in [0.4, 0.5) is 0 Å². The van der Waals surface area contributed by atoms with Crippen molar-refractivity contribution in [3.8, 4) is 0 Å². The molecule has 27 heavy (non-hydrogen) atoms. The number of imide groups is 1. The molecule has 2 aromatic carbocycles. The van der Waals surface area contributed by atoms with E-state index in [-0.39, 0.29) is 17.7 Å². The molecule has 136 valence electrons. The first-order valence-corrected chi connectivity index (χ1v) is 9.18. The maximum Gasteiger partial charge on any atom is 0.252 e. The third-order valence-corrected chi connectivity index (χ3v) is 6.07. The molecule has 1 spiro atoms. The molecular weight excluding hydrogens is 340 g/mol. The molecule has 2 aliphatic heterocycles. The summed E-state index contributed by atoms with van der Waals surface area (Å²) in [5.74, 6) is -1.82. The summed E-state index contributed by atoms with van der Waals surface area (Å²) in [6.45, 7) is 5.59. The molecule has 5 rings (SSSR count). The quantitative estimate of drug-likeness (QED) is 0.734. The molecule has 1 N–H and O–H groups in total. The van der Waals surface area contributed by atoms with Crippen LogP contribution in [-0.2, 0) is 15.1 Å². The van der Waals surface area contributed by atoms with E-state index in [1.54, 1.807) is 6.07 Å². The van der Waals surface area contributed by atoms with Crippen molar-refractivity contribution in [2.75, 3.05) is 0 Å². The fourth-order valence-corrected chi connectivity index (χ4v) is 5.17. The molecule has 0 bridgehead atoms. The molecule has 1 saturated heterocycles. The van der Waals surface area contributed by atoms with Crippen LogP contribution in [0, 0.1) is 5.92 Å². The van der Waals surface area contributed by atoms with Gasteiger partial charge < -0.3 is 5.32 Å². The number of fused-ring (bicyclic) bond motifs is 7. The predicted octanol–water partition coefficient (Wildman–Crippen LogP) is 2.55. The number of carbonyl (C=O) groups excluding carboxylic acids is 3. The first-order chi connectivity index (χ1) is 12.8. The van der Waals surface area contributed by atoms with Gasteiger partial charge in [0, 0.05) is 11.1 Å². The van der Waals surface area contributed by atoms with Gasteiger partial charge in [-0.25, -0.2) is 0 Å². The van der Waals surface area contributed by atoms with Gasteiger partial charge in [-0.3, -0.25) is 19.3 Å². The number of hydrogen-bond donors (Lipinski definition) is 1. The normalized spacial score (nSPS) is 28.4. The summed E-state index contributed by atoms with van der Waals surface area (Å²) in [6, 6.07) is 15.0. The minimum absolute atomic E-state index is 0.180. The monoisotopic (exact) mass is 360 g/mol. The van der Waals surface area contributed by atoms with E-state index in [0.29, 0.717) is 5.56 Å². The van der Waals surface area contributed by atoms with E-state index < -0.39 is 22.9 Å². The smallest absolute Gasteiger partial charge is 0.252 e. The van der Waals surface area contributed by atoms with Crippen LogP contribution in [0.3, 0.4) is 0 Å². The van der Waals surface area contributed by atoms with Crippen molar-refractivity contribution >= 4 is 17.7 Å². The second-order valence-electron chi connectivity index (χ2n) is 8.53. The lowest BCUT2D eigenvalue weighted by Gasteiger charge is -2.35. The van der Waals surface area contributed by atoms with Crippen LogP contribution in [0.2, 0.25) is 0 Å². The summed E-state index contributed by atoms with van der Waals surface area (Å²) in [6.07, 6.45) is 0. The highest BCUT2D eigenvalue weighted by molar-refractivity contribution is 6.13. The van der Waals surface area contributed by atoms with E-state index in [2.05, 4.69) is 5.32 Å². The van der Waals surface area contributed by atoms with Crippen molar-refractivity contribution < 1.29 is 14.4 Å². The Morgan fingerprint density at radius 2 is 1.52 bits per heavy atom. The van der Waals surface area contributed by atoms with Crippen LogP contribution < -0.4 is 5.32 Å². The topological polar surface area (TPSA) is 66.5 Å². The van der Waals surface area contributed by atoms with E-state index in [1.807, 2.05) is 63.2 Å². The summed E-state index contributed by atoms with van der Waals surface area (Å²) < 4.78 is 0. The summed E-state index contributed by atoms with van der Waals surface area (Å²) >= 11 is 0. The Hall–Kier alpha value is -2.95. The van der Waals surface area contributed by atoms with Gasteiger partial charge in [-0.1, -0.05) is 42.5 Å². The number of nitrogens with zero attached hydrogens (tertiary/aromatic N) is 1. The molecule has 5 nitrogen and oxygen atoms in total. The minimum atomic E-state index is -0.984. The lowest BCUT2D eigenvalue weighted by molar-refractivity contribution is -0.145. The highest BCUT2D eigenvalue weighted by Crippen LogP contribution is 2.59. The molecule has 3 amide bonds. The number of benzene rings is 2. The van der Waals surface area contributed by atoms with E-state index in [4.69, 9.17) is 0 Å². The molecule has 3 atom stereocenters. The molecule has 5 heteroatoms. The Morgan fingerprint density at radius 1 is 0.889 bits per heavy atom. The Bertz CT molecular complexity index is 1040. The van der Waals surface area contributed by atoms with Gasteiger partial charge in [0.2, 0.25) is 11.8 Å². The number of carbonyl (C=O) groups is 3. The van der Waals surface area contributed by atoms with E-state index in [1.165, 1.54) is 4.90 Å². The first-order valence-electron chi connectivity index (χ1n) is 9.18. The molecule has 3 unspecified atom stereocenters. The summed E-state index contributed by atoms with van der Waals surface area (Å²) in [7, 11) is 0. The van der Waals surface area contributed by atoms with Crippen LogP contribution in [0.25, 0.3) is 0 Å². The van der Waals surface area contributed by atoms with E-state index in [0.717, 1.165) is 16.7 Å². The summed E-state index contributed by atoms with van der Waals surface area (Å²) in [4.78, 5) is 41.0. The van der Waals surface area contributed by atoms with Crippen LogP contribution in [0.5, 0.6) is 0 Å². The van der Waals surface area contributed by atoms with Gasteiger partial charge in [0.1, 0.15) is 5.54 Å². The van der Waals surface area contributed by atoms with Crippen LogP contribution in [-0.4, -0.2) is 28.2 Å². The van der Waals surface area contributed by atoms with Crippen LogP contribution in [0.15, 0.2) is 48.5 Å². The van der Waals surface area contributed by atoms with Crippen LogP contribution >= 0.6 is 0 Å². The zero-order valence-corrected chi connectivity index (χ0v) is 15.4. The van der Waals surface area contributed by atoms with E-state index >= 15 is 0 Å². The van der Waals surface area contributed by atoms with Crippen molar-refractivity contribution in [1.29, 1.82) is 0 Å². The zero-order valence-electron chi connectivity index (χ0n) is 15.4. The fourth-order valence-electron chi connectivity index (χ4n) is 5.17. The lowest BCUT2D eigenvalue weighted by atomic mass is 9.76. The highest BCUT2D eigenvalue weighted by atomic mass is 16.2. The summed E-state index contributed by atoms with van der Waals surface area (Å²) in [5, 5.41) is 3.11. The molecule has 0 aromatic heterocycles. The van der Waals surface area contributed by atoms with Gasteiger partial charge in [-0.05, 0) is 43.5 Å². The minimum Gasteiger partial charge on any atom is -0.337 e. The SMILES string of the molecule is CC(C)(C)N1C(=O)C2c3ccccc3C3(NC(=O)c4ccccc43)C2C1=O. The molecule has 3 aliphatic rings. The number of rotatable bonds is 0. The Balaban J connectivity index is 1.83. The lowest BCUT2D eigenvalue weighted by Crippen LogP contribution is -2.51. The third-order valence-electron chi connectivity index (χ3n) is 6.07. The molecule has 2 heterocycles. The maximum absolute atomic E-state index is 13.5. The average molecular weight is 360 g/mol. The van der Waals surface area contributed by atoms with E-state index in [9.17, 15) is 14.4 Å². The van der Waals surface area contributed by atoms with Gasteiger partial charge in [-0.2, -0.15) is 0 Å². The molecular formula is C22H20N2O3. The largest absolute Gasteiger partial charge is 0.337 e. The fraction of sp³-hybridized carbons (Fsp3) is 0.318. The number of amides is 3. The van der Waals surface area contributed by atoms with Crippen molar-refractivity contribution in [1.82, 2.24) is 10.2 Å². The third kappa shape index (κ3) is 1.77. The number of nitrogens with one attached hydrogen (secondary N) is 1. The Kier molecular flexibility index (Phi) is 2.92. The molecule has 0 saturated carbocycles. The van der Waals surface area contributed by atoms with Gasteiger partial charge in [0.15, 0.2) is 0 Å². The van der Waals surface area contributed by atoms with Gasteiger partial charge >= 0.3 is 0 Å². The standard InChI is InChI=1S/C22H20N2O3/c1-21(2,3)24-19(26)16-12-8-4-6-10-14(12)22(17(16)20(24)27)15-11-7-5-9-13(15)18(25)23-22/h4-11,16-17H,1-3H3,(H,23,25). The first kappa shape index (κ1) is 16.2. The van der Waals surface area contributed by atoms with Crippen molar-refractivity contribution in [3.63, 3.8) is 0 Å². The molecule has 0 radical (unpaired) electrons. The summed E-state index contributed by atoms with van der Waals surface area (Å²) in [5.41, 5.74) is 1.45. The molecule has 2 aromatic rings. The second kappa shape index (κ2) is 4.85. The van der Waals surface area contributed by atoms with Gasteiger partial charge in [-0.15, -0.1) is 0 Å². The molecule has 1 fully saturated rings. The predicted molar refractivity (Wildman–Crippen MR) is 99.0 cm³/mol. The zero-order chi connectivity index (χ0) is 19.1. The maximum atomic E-state index is 13.5. The number of likely N-dealkylation sites (tertiary alicyclic amines) is 1. The van der Waals surface area contributed by atoms with Gasteiger partial charge in [0.05, 0.1) is 11.8 Å². The Labute approximate surface area is 157 Å². The highest BCUT2D eigenvalue weighted by Gasteiger charge is 2.68. The van der Waals surface area contributed by atoms with Gasteiger partial charge in [0.25, 0.3) is 5.91 Å². The average Bonchev–Trinajstić information content (AvgIpc) is 3.18. The number of hydrogen-bond acceptors (Lipinski definition) is 3. The Morgan fingerprint density at radius 3 is 2.22 bits per heavy atom. The molecule has 1 aliphatic carbocycles. The van der Waals surface area contributed by atoms with Crippen molar-refractivity contribution in [2.45, 2.75) is 37.8 Å². The van der Waals surface area contributed by atoms with Crippen molar-refractivity contribution in [2.24, 2.45) is 5.92 Å².